The monoisotopic (exact) mass is 472 g/mol. The molecule has 34 heavy (non-hydrogen) atoms. The molecule has 1 saturated heterocycles. The number of aromatic nitrogens is 1. The van der Waals surface area contributed by atoms with Crippen molar-refractivity contribution in [1.82, 2.24) is 9.88 Å². The Kier molecular flexibility index (Phi) is 6.92. The number of nitrogens with one attached hydrogen (secondary N) is 1. The van der Waals surface area contributed by atoms with Crippen molar-refractivity contribution in [2.75, 3.05) is 25.0 Å². The number of piperidine rings is 1. The summed E-state index contributed by atoms with van der Waals surface area (Å²) in [5, 5.41) is 11.6. The molecule has 1 aromatic carbocycles. The summed E-state index contributed by atoms with van der Waals surface area (Å²) in [5.41, 5.74) is 1.25. The van der Waals surface area contributed by atoms with Gasteiger partial charge in [0.1, 0.15) is 0 Å². The van der Waals surface area contributed by atoms with Crippen LogP contribution in [0.15, 0.2) is 36.5 Å². The van der Waals surface area contributed by atoms with E-state index in [1.807, 2.05) is 0 Å². The van der Waals surface area contributed by atoms with E-state index >= 15 is 0 Å². The molecule has 0 spiro atoms. The number of ether oxygens (including phenoxy) is 1. The Morgan fingerprint density at radius 2 is 2.00 bits per heavy atom. The molecule has 1 atom stereocenters. The second-order valence-electron chi connectivity index (χ2n) is 8.45. The van der Waals surface area contributed by atoms with Crippen molar-refractivity contribution >= 4 is 17.6 Å². The summed E-state index contributed by atoms with van der Waals surface area (Å²) in [6.07, 6.45) is 3.13. The van der Waals surface area contributed by atoms with E-state index in [-0.39, 0.29) is 42.5 Å². The Morgan fingerprint density at radius 3 is 2.68 bits per heavy atom. The molecule has 2 fully saturated rings. The summed E-state index contributed by atoms with van der Waals surface area (Å²) in [7, 11) is 0. The van der Waals surface area contributed by atoms with Crippen LogP contribution in [0.3, 0.4) is 0 Å². The van der Waals surface area contributed by atoms with E-state index in [0.29, 0.717) is 16.9 Å². The summed E-state index contributed by atoms with van der Waals surface area (Å²) < 4.78 is 46.4. The zero-order valence-corrected chi connectivity index (χ0v) is 18.3. The quantitative estimate of drug-likeness (QED) is 0.602. The van der Waals surface area contributed by atoms with Gasteiger partial charge in [0.25, 0.3) is 0 Å². The van der Waals surface area contributed by atoms with Crippen LogP contribution in [0, 0.1) is 12.1 Å². The number of benzene rings is 1. The summed E-state index contributed by atoms with van der Waals surface area (Å²) in [6, 6.07) is 7.89. The van der Waals surface area contributed by atoms with Crippen LogP contribution in [0.25, 0.3) is 11.1 Å². The molecule has 0 bridgehead atoms. The van der Waals surface area contributed by atoms with Gasteiger partial charge in [-0.05, 0) is 0 Å². The first-order chi connectivity index (χ1) is 16.3. The van der Waals surface area contributed by atoms with Gasteiger partial charge in [-0.25, -0.2) is 0 Å². The summed E-state index contributed by atoms with van der Waals surface area (Å²) in [5.74, 6) is -3.58. The molecule has 1 aliphatic heterocycles. The van der Waals surface area contributed by atoms with Crippen LogP contribution in [-0.4, -0.2) is 58.5 Å². The first kappa shape index (κ1) is 23.8. The van der Waals surface area contributed by atoms with E-state index in [4.69, 9.17) is 9.84 Å². The number of alkyl halides is 2. The number of anilines is 1. The predicted molar refractivity (Wildman–Crippen MR) is 117 cm³/mol. The number of halogens is 2. The number of likely N-dealkylation sites (tertiary alicyclic amines) is 1. The second kappa shape index (κ2) is 9.89. The molecule has 1 saturated carbocycles. The number of pyridine rings is 1. The van der Waals surface area contributed by atoms with E-state index in [1.165, 1.54) is 18.3 Å². The molecule has 10 heteroatoms. The zero-order chi connectivity index (χ0) is 24.3. The van der Waals surface area contributed by atoms with Crippen molar-refractivity contribution in [2.24, 2.45) is 5.92 Å². The van der Waals surface area contributed by atoms with Gasteiger partial charge in [-0.3, -0.25) is 0 Å². The van der Waals surface area contributed by atoms with Gasteiger partial charge in [0.15, 0.2) is 0 Å². The van der Waals surface area contributed by atoms with Crippen LogP contribution in [0.1, 0.15) is 31.2 Å². The van der Waals surface area contributed by atoms with Crippen molar-refractivity contribution in [1.29, 1.82) is 0 Å². The maximum absolute atomic E-state index is 14.7. The van der Waals surface area contributed by atoms with E-state index < -0.39 is 31.1 Å². The number of hydrogen-bond donors (Lipinski definition) is 2. The van der Waals surface area contributed by atoms with Gasteiger partial charge in [-0.1, -0.05) is 0 Å². The Bertz CT molecular complexity index is 1130. The van der Waals surface area contributed by atoms with Gasteiger partial charge < -0.3 is 0 Å². The van der Waals surface area contributed by atoms with Gasteiger partial charge >= 0.3 is 194 Å². The van der Waals surface area contributed by atoms with Gasteiger partial charge in [-0.2, -0.15) is 0 Å². The average Bonchev–Trinajstić information content (AvgIpc) is 3.66. The fraction of sp³-hybridized carbons (Fsp3) is 0.417. The Labute approximate surface area is 194 Å². The van der Waals surface area contributed by atoms with Crippen molar-refractivity contribution in [3.63, 3.8) is 0 Å². The van der Waals surface area contributed by atoms with E-state index in [9.17, 15) is 23.0 Å². The topological polar surface area (TPSA) is 112 Å². The van der Waals surface area contributed by atoms with Crippen LogP contribution >= 0.6 is 0 Å². The standard InChI is InChI=1S/C24H23F2N3O5/c25-24(26)14-29(22(32)7-10-30)9-6-20(24)34-19-4-3-16(11-18(19)13-31)17-5-8-27-21(12-17)28-23(33)15-1-2-15/h3-5,8,11-12,15,20,30H,1-2,6-7,9-10,14H2/p+1/t20-/m0/s1. The van der Waals surface area contributed by atoms with Crippen molar-refractivity contribution in [3.8, 4) is 23.0 Å². The first-order valence-corrected chi connectivity index (χ1v) is 11.0. The third-order valence-electron chi connectivity index (χ3n) is 5.86. The third-order valence-corrected chi connectivity index (χ3v) is 5.86. The average molecular weight is 472 g/mol. The summed E-state index contributed by atoms with van der Waals surface area (Å²) >= 11 is 0. The zero-order valence-electron chi connectivity index (χ0n) is 18.3. The Balaban J connectivity index is 1.48. The molecule has 2 aliphatic rings. The van der Waals surface area contributed by atoms with E-state index in [0.717, 1.165) is 17.7 Å². The van der Waals surface area contributed by atoms with Crippen LogP contribution in [0.5, 0.6) is 5.75 Å². The molecule has 2 N–H and O–H groups in total. The predicted octanol–water partition coefficient (Wildman–Crippen LogP) is 2.83. The number of aliphatic hydroxyl groups excluding tert-OH is 1. The SMILES string of the molecule is O=C(Nc1cc(-c2ccc(O[C@H]3CCN(C(=O)CCO)CC3(F)F)c(C#[O+])c2)ccn1)C1CC1. The second-order valence-corrected chi connectivity index (χ2v) is 8.45. The molecule has 8 nitrogen and oxygen atoms in total. The Hall–Kier alpha value is -3.33. The molecule has 2 aromatic rings. The fourth-order valence-electron chi connectivity index (χ4n) is 3.83. The fourth-order valence-corrected chi connectivity index (χ4v) is 3.83. The minimum absolute atomic E-state index is 0.0209. The van der Waals surface area contributed by atoms with E-state index in [1.54, 1.807) is 24.3 Å². The molecule has 178 valence electrons. The van der Waals surface area contributed by atoms with Gasteiger partial charge in [0, 0.05) is 0 Å². The molecular formula is C24H24F2N3O5+. The summed E-state index contributed by atoms with van der Waals surface area (Å²) in [4.78, 5) is 29.0. The maximum atomic E-state index is 14.7. The molecule has 1 aromatic heterocycles. The number of nitrogens with zero attached hydrogens (tertiary/aromatic N) is 2. The number of carbonyl (C=O) groups excluding carboxylic acids is 2. The molecule has 2 amide bonds. The number of amides is 2. The van der Waals surface area contributed by atoms with Crippen molar-refractivity contribution < 1.29 is 32.9 Å². The van der Waals surface area contributed by atoms with Crippen LogP contribution in [0.2, 0.25) is 0 Å². The molecule has 2 heterocycles. The molecule has 0 unspecified atom stereocenters. The van der Waals surface area contributed by atoms with E-state index in [2.05, 4.69) is 10.3 Å². The van der Waals surface area contributed by atoms with Gasteiger partial charge in [0.2, 0.25) is 0 Å². The number of carbonyl (C=O) groups is 2. The normalized spacial score (nSPS) is 19.2. The van der Waals surface area contributed by atoms with Crippen molar-refractivity contribution in [2.45, 2.75) is 37.7 Å². The number of aliphatic hydroxyl groups is 1. The van der Waals surface area contributed by atoms with Crippen LogP contribution < -0.4 is 10.1 Å². The molecule has 1 aliphatic carbocycles. The van der Waals surface area contributed by atoms with Crippen LogP contribution in [0.4, 0.5) is 14.6 Å². The van der Waals surface area contributed by atoms with Gasteiger partial charge in [-0.15, -0.1) is 0 Å². The minimum atomic E-state index is -3.33. The van der Waals surface area contributed by atoms with Crippen molar-refractivity contribution in [3.05, 3.63) is 42.1 Å². The molecular weight excluding hydrogens is 448 g/mol. The number of hydrogen-bond acceptors (Lipinski definition) is 5. The van der Waals surface area contributed by atoms with Gasteiger partial charge in [0.05, 0.1) is 0 Å². The third kappa shape index (κ3) is 5.41. The van der Waals surface area contributed by atoms with Crippen LogP contribution in [-0.2, 0) is 14.2 Å². The molecule has 0 radical (unpaired) electrons. The first-order valence-electron chi connectivity index (χ1n) is 11.0. The Morgan fingerprint density at radius 1 is 1.24 bits per heavy atom. The molecule has 4 rings (SSSR count). The summed E-state index contributed by atoms with van der Waals surface area (Å²) in [6.45, 7) is -1.16. The number of rotatable bonds is 7.